The van der Waals surface area contributed by atoms with E-state index >= 15 is 0 Å². The first-order chi connectivity index (χ1) is 15.0. The number of ether oxygens (including phenoxy) is 1. The summed E-state index contributed by atoms with van der Waals surface area (Å²) >= 11 is 0. The van der Waals surface area contributed by atoms with Gasteiger partial charge in [0.05, 0.1) is 18.8 Å². The molecule has 7 heteroatoms. The summed E-state index contributed by atoms with van der Waals surface area (Å²) in [6.07, 6.45) is 1.13. The predicted octanol–water partition coefficient (Wildman–Crippen LogP) is 2.67. The number of amides is 2. The van der Waals surface area contributed by atoms with E-state index < -0.39 is 0 Å². The van der Waals surface area contributed by atoms with Gasteiger partial charge in [-0.3, -0.25) is 14.3 Å². The number of carbonyl (C=O) groups excluding carboxylic acids is 2. The van der Waals surface area contributed by atoms with Crippen molar-refractivity contribution in [2.45, 2.75) is 18.9 Å². The van der Waals surface area contributed by atoms with Crippen molar-refractivity contribution in [2.24, 2.45) is 7.05 Å². The van der Waals surface area contributed by atoms with Crippen LogP contribution < -0.4 is 10.1 Å². The molecule has 1 aliphatic rings. The van der Waals surface area contributed by atoms with Crippen molar-refractivity contribution in [3.8, 4) is 17.0 Å². The van der Waals surface area contributed by atoms with E-state index in [0.717, 1.165) is 17.7 Å². The summed E-state index contributed by atoms with van der Waals surface area (Å²) in [7, 11) is 3.36. The van der Waals surface area contributed by atoms with Gasteiger partial charge in [-0.25, -0.2) is 0 Å². The Morgan fingerprint density at radius 1 is 1.16 bits per heavy atom. The standard InChI is InChI=1S/C24H26N4O3/c1-27-22(15-21(26-27)18-8-10-20(31-2)11-9-18)24(30)25-19-14-23(29)28(16-19)13-12-17-6-4-3-5-7-17/h3-11,15,19H,12-14,16H2,1-2H3,(H,25,30). The van der Waals surface area contributed by atoms with E-state index in [-0.39, 0.29) is 17.9 Å². The number of hydrogen-bond donors (Lipinski definition) is 1. The van der Waals surface area contributed by atoms with Gasteiger partial charge in [-0.15, -0.1) is 0 Å². The second-order valence-electron chi connectivity index (χ2n) is 7.72. The molecule has 1 N–H and O–H groups in total. The van der Waals surface area contributed by atoms with Gasteiger partial charge in [-0.1, -0.05) is 30.3 Å². The fraction of sp³-hybridized carbons (Fsp3) is 0.292. The molecule has 1 aliphatic heterocycles. The molecule has 31 heavy (non-hydrogen) atoms. The van der Waals surface area contributed by atoms with Crippen LogP contribution in [0.2, 0.25) is 0 Å². The Bertz CT molecular complexity index is 1060. The van der Waals surface area contributed by atoms with Crippen LogP contribution in [-0.4, -0.2) is 52.7 Å². The predicted molar refractivity (Wildman–Crippen MR) is 118 cm³/mol. The minimum atomic E-state index is -0.225. The van der Waals surface area contributed by atoms with E-state index in [1.165, 1.54) is 5.56 Å². The molecule has 2 amide bonds. The summed E-state index contributed by atoms with van der Waals surface area (Å²) in [6.45, 7) is 1.18. The number of carbonyl (C=O) groups is 2. The third-order valence-corrected chi connectivity index (χ3v) is 5.56. The lowest BCUT2D eigenvalue weighted by atomic mass is 10.1. The molecule has 7 nitrogen and oxygen atoms in total. The van der Waals surface area contributed by atoms with E-state index in [4.69, 9.17) is 4.74 Å². The Labute approximate surface area is 181 Å². The van der Waals surface area contributed by atoms with Gasteiger partial charge in [0.2, 0.25) is 5.91 Å². The fourth-order valence-electron chi connectivity index (χ4n) is 3.84. The van der Waals surface area contributed by atoms with Gasteiger partial charge in [0.15, 0.2) is 0 Å². The van der Waals surface area contributed by atoms with Crippen LogP contribution >= 0.6 is 0 Å². The number of aryl methyl sites for hydroxylation is 1. The second kappa shape index (κ2) is 9.04. The number of rotatable bonds is 7. The monoisotopic (exact) mass is 418 g/mol. The number of nitrogens with zero attached hydrogens (tertiary/aromatic N) is 3. The van der Waals surface area contributed by atoms with Gasteiger partial charge < -0.3 is 15.0 Å². The molecule has 0 bridgehead atoms. The zero-order valence-electron chi connectivity index (χ0n) is 17.7. The lowest BCUT2D eigenvalue weighted by molar-refractivity contribution is -0.127. The molecule has 1 atom stereocenters. The summed E-state index contributed by atoms with van der Waals surface area (Å²) in [5, 5.41) is 7.46. The fourth-order valence-corrected chi connectivity index (χ4v) is 3.84. The maximum atomic E-state index is 12.8. The molecule has 160 valence electrons. The molecule has 4 rings (SSSR count). The van der Waals surface area contributed by atoms with Crippen LogP contribution in [0.3, 0.4) is 0 Å². The quantitative estimate of drug-likeness (QED) is 0.640. The van der Waals surface area contributed by atoms with Crippen molar-refractivity contribution in [1.82, 2.24) is 20.0 Å². The van der Waals surface area contributed by atoms with E-state index in [1.807, 2.05) is 47.4 Å². The highest BCUT2D eigenvalue weighted by atomic mass is 16.5. The lowest BCUT2D eigenvalue weighted by Crippen LogP contribution is -2.38. The normalized spacial score (nSPS) is 15.9. The first-order valence-electron chi connectivity index (χ1n) is 10.3. The Kier molecular flexibility index (Phi) is 6.02. The van der Waals surface area contributed by atoms with Crippen LogP contribution in [0.15, 0.2) is 60.7 Å². The smallest absolute Gasteiger partial charge is 0.269 e. The van der Waals surface area contributed by atoms with Gasteiger partial charge in [-0.05, 0) is 42.3 Å². The Balaban J connectivity index is 1.37. The van der Waals surface area contributed by atoms with E-state index in [9.17, 15) is 9.59 Å². The average Bonchev–Trinajstić information content (AvgIpc) is 3.35. The minimum absolute atomic E-state index is 0.0742. The van der Waals surface area contributed by atoms with Crippen molar-refractivity contribution >= 4 is 11.8 Å². The van der Waals surface area contributed by atoms with Crippen molar-refractivity contribution in [3.05, 3.63) is 71.9 Å². The highest BCUT2D eigenvalue weighted by Gasteiger charge is 2.31. The Morgan fingerprint density at radius 2 is 1.90 bits per heavy atom. The molecule has 1 fully saturated rings. The minimum Gasteiger partial charge on any atom is -0.497 e. The van der Waals surface area contributed by atoms with Gasteiger partial charge in [0.25, 0.3) is 5.91 Å². The third kappa shape index (κ3) is 4.77. The number of likely N-dealkylation sites (tertiary alicyclic amines) is 1. The number of hydrogen-bond acceptors (Lipinski definition) is 4. The summed E-state index contributed by atoms with van der Waals surface area (Å²) < 4.78 is 6.75. The Hall–Kier alpha value is -3.61. The largest absolute Gasteiger partial charge is 0.497 e. The number of benzene rings is 2. The zero-order valence-corrected chi connectivity index (χ0v) is 17.7. The first kappa shape index (κ1) is 20.7. The van der Waals surface area contributed by atoms with Crippen molar-refractivity contribution < 1.29 is 14.3 Å². The van der Waals surface area contributed by atoms with Crippen LogP contribution in [-0.2, 0) is 18.3 Å². The zero-order chi connectivity index (χ0) is 21.8. The summed E-state index contributed by atoms with van der Waals surface area (Å²) in [6, 6.07) is 19.2. The molecule has 0 aliphatic carbocycles. The Morgan fingerprint density at radius 3 is 2.61 bits per heavy atom. The summed E-state index contributed by atoms with van der Waals surface area (Å²) in [5.41, 5.74) is 3.27. The van der Waals surface area contributed by atoms with E-state index in [2.05, 4.69) is 22.5 Å². The third-order valence-electron chi connectivity index (χ3n) is 5.56. The lowest BCUT2D eigenvalue weighted by Gasteiger charge is -2.17. The summed E-state index contributed by atoms with van der Waals surface area (Å²) in [4.78, 5) is 27.0. The molecule has 1 unspecified atom stereocenters. The number of aromatic nitrogens is 2. The molecule has 1 saturated heterocycles. The van der Waals surface area contributed by atoms with Crippen LogP contribution in [0.4, 0.5) is 0 Å². The first-order valence-corrected chi connectivity index (χ1v) is 10.3. The molecule has 0 saturated carbocycles. The van der Waals surface area contributed by atoms with E-state index in [1.54, 1.807) is 24.9 Å². The van der Waals surface area contributed by atoms with Crippen LogP contribution in [0.25, 0.3) is 11.3 Å². The van der Waals surface area contributed by atoms with Gasteiger partial charge >= 0.3 is 0 Å². The maximum Gasteiger partial charge on any atom is 0.269 e. The van der Waals surface area contributed by atoms with Gasteiger partial charge in [0.1, 0.15) is 11.4 Å². The maximum absolute atomic E-state index is 12.8. The van der Waals surface area contributed by atoms with Crippen molar-refractivity contribution in [2.75, 3.05) is 20.2 Å². The second-order valence-corrected chi connectivity index (χ2v) is 7.72. The molecular weight excluding hydrogens is 392 g/mol. The highest BCUT2D eigenvalue weighted by molar-refractivity contribution is 5.94. The molecule has 0 radical (unpaired) electrons. The molecule has 3 aromatic rings. The van der Waals surface area contributed by atoms with Crippen LogP contribution in [0.1, 0.15) is 22.5 Å². The van der Waals surface area contributed by atoms with Crippen molar-refractivity contribution in [3.63, 3.8) is 0 Å². The van der Waals surface area contributed by atoms with E-state index in [0.29, 0.717) is 30.9 Å². The average molecular weight is 418 g/mol. The van der Waals surface area contributed by atoms with Crippen LogP contribution in [0.5, 0.6) is 5.75 Å². The van der Waals surface area contributed by atoms with Gasteiger partial charge in [0, 0.05) is 32.1 Å². The number of methoxy groups -OCH3 is 1. The highest BCUT2D eigenvalue weighted by Crippen LogP contribution is 2.22. The van der Waals surface area contributed by atoms with Gasteiger partial charge in [-0.2, -0.15) is 5.10 Å². The van der Waals surface area contributed by atoms with Crippen molar-refractivity contribution in [1.29, 1.82) is 0 Å². The topological polar surface area (TPSA) is 76.5 Å². The summed E-state index contributed by atoms with van der Waals surface area (Å²) in [5.74, 6) is 0.614. The molecular formula is C24H26N4O3. The SMILES string of the molecule is COc1ccc(-c2cc(C(=O)NC3CC(=O)N(CCc4ccccc4)C3)n(C)n2)cc1. The molecule has 0 spiro atoms. The van der Waals surface area contributed by atoms with Crippen LogP contribution in [0, 0.1) is 0 Å². The molecule has 2 heterocycles. The number of nitrogens with one attached hydrogen (secondary N) is 1. The molecule has 1 aromatic heterocycles. The molecule has 2 aromatic carbocycles.